The summed E-state index contributed by atoms with van der Waals surface area (Å²) in [6, 6.07) is 0. The fraction of sp³-hybridized carbons (Fsp3) is 0.556. The Morgan fingerprint density at radius 2 is 2.00 bits per heavy atom. The van der Waals surface area contributed by atoms with Gasteiger partial charge in [-0.2, -0.15) is 0 Å². The van der Waals surface area contributed by atoms with E-state index in [-0.39, 0.29) is 0 Å². The van der Waals surface area contributed by atoms with Crippen LogP contribution < -0.4 is 0 Å². The lowest BCUT2D eigenvalue weighted by Gasteiger charge is -2.01. The maximum Gasteiger partial charge on any atom is 0.111 e. The highest BCUT2D eigenvalue weighted by Gasteiger charge is 2.11. The molecule has 1 aliphatic carbocycles. The number of aliphatic hydroxyl groups excluding tert-OH is 1. The lowest BCUT2D eigenvalue weighted by atomic mass is 10.1. The zero-order valence-corrected chi connectivity index (χ0v) is 7.49. The average molecular weight is 173 g/mol. The Labute approximate surface area is 72.4 Å². The molecule has 0 aromatic heterocycles. The molecule has 2 heteroatoms. The van der Waals surface area contributed by atoms with Gasteiger partial charge in [0.05, 0.1) is 5.03 Å². The summed E-state index contributed by atoms with van der Waals surface area (Å²) in [5.74, 6) is 0.359. The quantitative estimate of drug-likeness (QED) is 0.593. The van der Waals surface area contributed by atoms with Gasteiger partial charge in [0.1, 0.15) is 5.76 Å². The summed E-state index contributed by atoms with van der Waals surface area (Å²) in [5, 5.41) is 9.94. The third-order valence-electron chi connectivity index (χ3n) is 1.99. The second kappa shape index (κ2) is 3.82. The van der Waals surface area contributed by atoms with Gasteiger partial charge in [-0.05, 0) is 31.8 Å². The van der Waals surface area contributed by atoms with Crippen molar-refractivity contribution in [3.63, 3.8) is 0 Å². The molecule has 1 aliphatic rings. The first-order valence-corrected chi connectivity index (χ1v) is 4.36. The van der Waals surface area contributed by atoms with Crippen LogP contribution in [0.3, 0.4) is 0 Å². The normalized spacial score (nSPS) is 24.0. The largest absolute Gasteiger partial charge is 0.511 e. The molecule has 1 nitrogen and oxygen atoms in total. The van der Waals surface area contributed by atoms with Crippen LogP contribution in [0.15, 0.2) is 22.4 Å². The number of hydrogen-bond donors (Lipinski definition) is 1. The molecule has 0 saturated carbocycles. The van der Waals surface area contributed by atoms with Gasteiger partial charge in [-0.1, -0.05) is 17.7 Å². The van der Waals surface area contributed by atoms with Crippen molar-refractivity contribution in [2.24, 2.45) is 0 Å². The molecule has 0 bridgehead atoms. The highest BCUT2D eigenvalue weighted by atomic mass is 35.5. The molecular weight excluding hydrogens is 160 g/mol. The molecule has 0 heterocycles. The van der Waals surface area contributed by atoms with Crippen LogP contribution in [0.25, 0.3) is 0 Å². The van der Waals surface area contributed by atoms with Crippen LogP contribution in [0.4, 0.5) is 0 Å². The van der Waals surface area contributed by atoms with Gasteiger partial charge in [0, 0.05) is 6.42 Å². The van der Waals surface area contributed by atoms with Crippen LogP contribution in [-0.2, 0) is 0 Å². The summed E-state index contributed by atoms with van der Waals surface area (Å²) >= 11 is 5.90. The summed E-state index contributed by atoms with van der Waals surface area (Å²) < 4.78 is 0. The first-order chi connectivity index (χ1) is 5.25. The summed E-state index contributed by atoms with van der Waals surface area (Å²) in [7, 11) is 0. The Morgan fingerprint density at radius 3 is 2.64 bits per heavy atom. The van der Waals surface area contributed by atoms with Crippen LogP contribution >= 0.6 is 11.6 Å². The predicted molar refractivity (Wildman–Crippen MR) is 47.7 cm³/mol. The Morgan fingerprint density at radius 1 is 1.36 bits per heavy atom. The lowest BCUT2D eigenvalue weighted by molar-refractivity contribution is 0.384. The molecule has 0 spiro atoms. The maximum atomic E-state index is 9.37. The smallest absolute Gasteiger partial charge is 0.111 e. The molecule has 0 unspecified atom stereocenters. The van der Waals surface area contributed by atoms with Crippen LogP contribution in [0.5, 0.6) is 0 Å². The maximum absolute atomic E-state index is 9.37. The van der Waals surface area contributed by atoms with Crippen molar-refractivity contribution >= 4 is 11.6 Å². The third-order valence-corrected chi connectivity index (χ3v) is 2.45. The minimum absolute atomic E-state index is 0.359. The van der Waals surface area contributed by atoms with Crippen molar-refractivity contribution in [2.45, 2.75) is 32.6 Å². The standard InChI is InChI=1S/C9H13ClO/c1-2-7-5-3-4-6-8(11)9(7)10/h2,11H,3-6H2,1H3/b7-2+. The summed E-state index contributed by atoms with van der Waals surface area (Å²) in [4.78, 5) is 0. The van der Waals surface area contributed by atoms with Gasteiger partial charge < -0.3 is 5.11 Å². The number of aliphatic hydroxyl groups is 1. The van der Waals surface area contributed by atoms with Gasteiger partial charge >= 0.3 is 0 Å². The summed E-state index contributed by atoms with van der Waals surface area (Å²) in [6.07, 6.45) is 5.87. The topological polar surface area (TPSA) is 20.2 Å². The predicted octanol–water partition coefficient (Wildman–Crippen LogP) is 3.52. The van der Waals surface area contributed by atoms with Crippen LogP contribution in [0, 0.1) is 0 Å². The van der Waals surface area contributed by atoms with E-state index in [1.165, 1.54) is 0 Å². The Balaban J connectivity index is 2.87. The fourth-order valence-electron chi connectivity index (χ4n) is 1.28. The average Bonchev–Trinajstić information content (AvgIpc) is 2.16. The second-order valence-corrected chi connectivity index (χ2v) is 3.16. The van der Waals surface area contributed by atoms with Gasteiger partial charge in [-0.3, -0.25) is 0 Å². The zero-order chi connectivity index (χ0) is 8.27. The number of halogens is 1. The lowest BCUT2D eigenvalue weighted by Crippen LogP contribution is -1.84. The van der Waals surface area contributed by atoms with Crippen molar-refractivity contribution in [3.8, 4) is 0 Å². The Bertz CT molecular complexity index is 204. The van der Waals surface area contributed by atoms with E-state index in [1.54, 1.807) is 0 Å². The molecule has 0 aromatic carbocycles. The van der Waals surface area contributed by atoms with Crippen molar-refractivity contribution in [3.05, 3.63) is 22.4 Å². The molecule has 0 fully saturated rings. The molecule has 1 N–H and O–H groups in total. The first-order valence-electron chi connectivity index (χ1n) is 3.99. The Kier molecular flexibility index (Phi) is 3.01. The van der Waals surface area contributed by atoms with E-state index in [4.69, 9.17) is 11.6 Å². The molecule has 0 atom stereocenters. The third kappa shape index (κ3) is 2.00. The molecule has 0 amide bonds. The fourth-order valence-corrected chi connectivity index (χ4v) is 1.58. The second-order valence-electron chi connectivity index (χ2n) is 2.78. The van der Waals surface area contributed by atoms with E-state index >= 15 is 0 Å². The molecule has 0 aliphatic heterocycles. The zero-order valence-electron chi connectivity index (χ0n) is 6.73. The minimum Gasteiger partial charge on any atom is -0.511 e. The highest BCUT2D eigenvalue weighted by Crippen LogP contribution is 2.29. The van der Waals surface area contributed by atoms with E-state index in [2.05, 4.69) is 0 Å². The minimum atomic E-state index is 0.359. The molecule has 62 valence electrons. The van der Waals surface area contributed by atoms with Gasteiger partial charge in [-0.25, -0.2) is 0 Å². The number of rotatable bonds is 0. The first kappa shape index (κ1) is 8.66. The van der Waals surface area contributed by atoms with Crippen molar-refractivity contribution in [1.82, 2.24) is 0 Å². The van der Waals surface area contributed by atoms with E-state index < -0.39 is 0 Å². The van der Waals surface area contributed by atoms with Crippen LogP contribution in [-0.4, -0.2) is 5.11 Å². The van der Waals surface area contributed by atoms with E-state index in [1.807, 2.05) is 13.0 Å². The monoisotopic (exact) mass is 172 g/mol. The molecule has 0 aromatic rings. The summed E-state index contributed by atoms with van der Waals surface area (Å²) in [6.45, 7) is 1.95. The van der Waals surface area contributed by atoms with Gasteiger partial charge in [-0.15, -0.1) is 0 Å². The molecule has 11 heavy (non-hydrogen) atoms. The van der Waals surface area contributed by atoms with E-state index in [0.29, 0.717) is 10.8 Å². The summed E-state index contributed by atoms with van der Waals surface area (Å²) in [5.41, 5.74) is 1.08. The van der Waals surface area contributed by atoms with E-state index in [9.17, 15) is 5.11 Å². The molecule has 0 radical (unpaired) electrons. The van der Waals surface area contributed by atoms with Crippen LogP contribution in [0.1, 0.15) is 32.6 Å². The van der Waals surface area contributed by atoms with Gasteiger partial charge in [0.2, 0.25) is 0 Å². The van der Waals surface area contributed by atoms with Gasteiger partial charge in [0.15, 0.2) is 0 Å². The van der Waals surface area contributed by atoms with Crippen LogP contribution in [0.2, 0.25) is 0 Å². The SMILES string of the molecule is C/C=C1\CCCCC(O)=C1Cl. The van der Waals surface area contributed by atoms with Gasteiger partial charge in [0.25, 0.3) is 0 Å². The molecular formula is C9H13ClO. The van der Waals surface area contributed by atoms with Crippen molar-refractivity contribution in [2.75, 3.05) is 0 Å². The Hall–Kier alpha value is -0.430. The number of hydrogen-bond acceptors (Lipinski definition) is 1. The molecule has 1 rings (SSSR count). The van der Waals surface area contributed by atoms with Crippen molar-refractivity contribution < 1.29 is 5.11 Å². The highest BCUT2D eigenvalue weighted by molar-refractivity contribution is 6.32. The van der Waals surface area contributed by atoms with E-state index in [0.717, 1.165) is 31.3 Å². The van der Waals surface area contributed by atoms with Crippen molar-refractivity contribution in [1.29, 1.82) is 0 Å². The molecule has 0 saturated heterocycles. The number of allylic oxidation sites excluding steroid dienone is 4.